The number of carbonyl (C=O) groups is 1. The van der Waals surface area contributed by atoms with Crippen molar-refractivity contribution in [3.8, 4) is 0 Å². The number of hydrogen-bond acceptors (Lipinski definition) is 3. The maximum Gasteiger partial charge on any atom is 0.416 e. The number of aryl methyl sites for hydroxylation is 2. The van der Waals surface area contributed by atoms with Crippen molar-refractivity contribution >= 4 is 23.3 Å². The van der Waals surface area contributed by atoms with Gasteiger partial charge in [-0.3, -0.25) is 14.2 Å². The Hall–Kier alpha value is -2.81. The van der Waals surface area contributed by atoms with Gasteiger partial charge in [0.1, 0.15) is 0 Å². The van der Waals surface area contributed by atoms with Crippen molar-refractivity contribution in [3.63, 3.8) is 0 Å². The molecule has 0 atom stereocenters. The Morgan fingerprint density at radius 1 is 1.25 bits per heavy atom. The molecule has 0 saturated carbocycles. The molecular formula is C18H17ClF3N5O. The van der Waals surface area contributed by atoms with Crippen molar-refractivity contribution in [2.75, 3.05) is 5.32 Å². The second-order valence-electron chi connectivity index (χ2n) is 6.16. The van der Waals surface area contributed by atoms with E-state index in [1.807, 2.05) is 6.92 Å². The molecule has 1 aromatic carbocycles. The standard InChI is InChI=1S/C18H17ClF3N5O/c1-3-26-10-14(19)16(25-26)17(28)23-15-7-11(2)27(24-15)9-12-5-4-6-13(8-12)18(20,21)22/h4-8,10H,3,9H2,1-2H3,(H,23,24,28). The number of alkyl halides is 3. The molecule has 0 unspecified atom stereocenters. The monoisotopic (exact) mass is 411 g/mol. The predicted octanol–water partition coefficient (Wildman–Crippen LogP) is 4.38. The van der Waals surface area contributed by atoms with E-state index in [1.165, 1.54) is 15.4 Å². The maximum atomic E-state index is 12.9. The Bertz CT molecular complexity index is 1010. The molecule has 2 heterocycles. The van der Waals surface area contributed by atoms with E-state index in [2.05, 4.69) is 15.5 Å². The molecule has 0 aliphatic heterocycles. The van der Waals surface area contributed by atoms with Gasteiger partial charge >= 0.3 is 6.18 Å². The van der Waals surface area contributed by atoms with Crippen LogP contribution in [-0.4, -0.2) is 25.5 Å². The van der Waals surface area contributed by atoms with E-state index in [1.54, 1.807) is 25.3 Å². The van der Waals surface area contributed by atoms with Crippen molar-refractivity contribution in [2.24, 2.45) is 0 Å². The molecule has 3 rings (SSSR count). The molecular weight excluding hydrogens is 395 g/mol. The van der Waals surface area contributed by atoms with Gasteiger partial charge in [0, 0.05) is 24.5 Å². The van der Waals surface area contributed by atoms with Gasteiger partial charge in [-0.05, 0) is 31.5 Å². The highest BCUT2D eigenvalue weighted by Gasteiger charge is 2.30. The van der Waals surface area contributed by atoms with E-state index in [9.17, 15) is 18.0 Å². The summed E-state index contributed by atoms with van der Waals surface area (Å²) in [6, 6.07) is 6.66. The van der Waals surface area contributed by atoms with E-state index in [-0.39, 0.29) is 23.1 Å². The molecule has 2 aromatic heterocycles. The lowest BCUT2D eigenvalue weighted by molar-refractivity contribution is -0.137. The highest BCUT2D eigenvalue weighted by molar-refractivity contribution is 6.34. The fraction of sp³-hybridized carbons (Fsp3) is 0.278. The van der Waals surface area contributed by atoms with Crippen molar-refractivity contribution in [1.82, 2.24) is 19.6 Å². The first kappa shape index (κ1) is 19.9. The molecule has 0 fully saturated rings. The first-order valence-corrected chi connectivity index (χ1v) is 8.80. The van der Waals surface area contributed by atoms with Crippen LogP contribution in [0, 0.1) is 6.92 Å². The number of nitrogens with zero attached hydrogens (tertiary/aromatic N) is 4. The highest BCUT2D eigenvalue weighted by atomic mass is 35.5. The van der Waals surface area contributed by atoms with Gasteiger partial charge in [0.25, 0.3) is 5.91 Å². The van der Waals surface area contributed by atoms with Gasteiger partial charge in [-0.25, -0.2) is 0 Å². The van der Waals surface area contributed by atoms with E-state index >= 15 is 0 Å². The number of hydrogen-bond donors (Lipinski definition) is 1. The Morgan fingerprint density at radius 3 is 2.64 bits per heavy atom. The average Bonchev–Trinajstić information content (AvgIpc) is 3.17. The molecule has 1 N–H and O–H groups in total. The van der Waals surface area contributed by atoms with Gasteiger partial charge in [0.15, 0.2) is 11.5 Å². The summed E-state index contributed by atoms with van der Waals surface area (Å²) < 4.78 is 41.6. The third-order valence-electron chi connectivity index (χ3n) is 4.07. The minimum absolute atomic E-state index is 0.0774. The minimum atomic E-state index is -4.41. The summed E-state index contributed by atoms with van der Waals surface area (Å²) in [6.45, 7) is 4.31. The van der Waals surface area contributed by atoms with Crippen molar-refractivity contribution in [3.05, 3.63) is 64.1 Å². The van der Waals surface area contributed by atoms with Gasteiger partial charge in [0.05, 0.1) is 17.1 Å². The van der Waals surface area contributed by atoms with Crippen LogP contribution in [0.1, 0.15) is 34.2 Å². The largest absolute Gasteiger partial charge is 0.416 e. The van der Waals surface area contributed by atoms with Crippen LogP contribution in [0.5, 0.6) is 0 Å². The van der Waals surface area contributed by atoms with Crippen molar-refractivity contribution in [2.45, 2.75) is 33.1 Å². The zero-order chi connectivity index (χ0) is 20.5. The highest BCUT2D eigenvalue weighted by Crippen LogP contribution is 2.29. The Kier molecular flexibility index (Phi) is 5.46. The van der Waals surface area contributed by atoms with Crippen LogP contribution < -0.4 is 5.32 Å². The number of anilines is 1. The van der Waals surface area contributed by atoms with Crippen LogP contribution in [0.4, 0.5) is 19.0 Å². The molecule has 148 valence electrons. The topological polar surface area (TPSA) is 64.7 Å². The van der Waals surface area contributed by atoms with Crippen LogP contribution >= 0.6 is 11.6 Å². The molecule has 3 aromatic rings. The SMILES string of the molecule is CCn1cc(Cl)c(C(=O)Nc2cc(C)n(Cc3cccc(C(F)(F)F)c3)n2)n1. The molecule has 6 nitrogen and oxygen atoms in total. The summed E-state index contributed by atoms with van der Waals surface area (Å²) in [5.74, 6) is -0.252. The fourth-order valence-electron chi connectivity index (χ4n) is 2.64. The predicted molar refractivity (Wildman–Crippen MR) is 98.4 cm³/mol. The molecule has 0 aliphatic rings. The molecule has 0 aliphatic carbocycles. The first-order chi connectivity index (χ1) is 13.2. The Balaban J connectivity index is 1.76. The zero-order valence-electron chi connectivity index (χ0n) is 15.1. The molecule has 0 bridgehead atoms. The average molecular weight is 412 g/mol. The normalized spacial score (nSPS) is 11.6. The maximum absolute atomic E-state index is 12.9. The summed E-state index contributed by atoms with van der Waals surface area (Å²) in [5, 5.41) is 11.2. The van der Waals surface area contributed by atoms with Crippen molar-refractivity contribution < 1.29 is 18.0 Å². The van der Waals surface area contributed by atoms with Crippen LogP contribution in [-0.2, 0) is 19.3 Å². The van der Waals surface area contributed by atoms with Crippen LogP contribution in [0.2, 0.25) is 5.02 Å². The summed E-state index contributed by atoms with van der Waals surface area (Å²) in [4.78, 5) is 12.4. The summed E-state index contributed by atoms with van der Waals surface area (Å²) in [7, 11) is 0. The Labute approximate surface area is 163 Å². The van der Waals surface area contributed by atoms with Gasteiger partial charge in [0.2, 0.25) is 0 Å². The van der Waals surface area contributed by atoms with Gasteiger partial charge in [-0.2, -0.15) is 23.4 Å². The lowest BCUT2D eigenvalue weighted by Crippen LogP contribution is -2.14. The molecule has 1 amide bonds. The number of benzene rings is 1. The van der Waals surface area contributed by atoms with Crippen LogP contribution in [0.3, 0.4) is 0 Å². The number of nitrogens with one attached hydrogen (secondary N) is 1. The summed E-state index contributed by atoms with van der Waals surface area (Å²) >= 11 is 6.02. The number of rotatable bonds is 5. The van der Waals surface area contributed by atoms with Gasteiger partial charge in [-0.1, -0.05) is 23.7 Å². The molecule has 28 heavy (non-hydrogen) atoms. The van der Waals surface area contributed by atoms with E-state index in [0.29, 0.717) is 17.8 Å². The molecule has 0 saturated heterocycles. The smallest absolute Gasteiger partial charge is 0.304 e. The van der Waals surface area contributed by atoms with Crippen LogP contribution in [0.15, 0.2) is 36.5 Å². The second kappa shape index (κ2) is 7.67. The Morgan fingerprint density at radius 2 is 2.00 bits per heavy atom. The lowest BCUT2D eigenvalue weighted by atomic mass is 10.1. The molecule has 0 radical (unpaired) electrons. The first-order valence-electron chi connectivity index (χ1n) is 8.42. The minimum Gasteiger partial charge on any atom is -0.304 e. The lowest BCUT2D eigenvalue weighted by Gasteiger charge is -2.09. The summed E-state index contributed by atoms with van der Waals surface area (Å²) in [6.07, 6.45) is -2.86. The quantitative estimate of drug-likeness (QED) is 0.677. The molecule has 0 spiro atoms. The number of halogens is 4. The van der Waals surface area contributed by atoms with E-state index < -0.39 is 17.6 Å². The third kappa shape index (κ3) is 4.36. The number of amides is 1. The fourth-order valence-corrected chi connectivity index (χ4v) is 2.87. The van der Waals surface area contributed by atoms with Crippen LogP contribution in [0.25, 0.3) is 0 Å². The second-order valence-corrected chi connectivity index (χ2v) is 6.57. The van der Waals surface area contributed by atoms with E-state index in [0.717, 1.165) is 12.1 Å². The third-order valence-corrected chi connectivity index (χ3v) is 4.34. The van der Waals surface area contributed by atoms with Gasteiger partial charge in [-0.15, -0.1) is 0 Å². The van der Waals surface area contributed by atoms with E-state index in [4.69, 9.17) is 11.6 Å². The number of aromatic nitrogens is 4. The van der Waals surface area contributed by atoms with Crippen molar-refractivity contribution in [1.29, 1.82) is 0 Å². The molecule has 10 heteroatoms. The summed E-state index contributed by atoms with van der Waals surface area (Å²) in [5.41, 5.74) is 0.486. The van der Waals surface area contributed by atoms with Gasteiger partial charge < -0.3 is 5.32 Å². The number of carbonyl (C=O) groups excluding carboxylic acids is 1. The zero-order valence-corrected chi connectivity index (χ0v) is 15.8.